The molecule has 2 aromatic heterocycles. The summed E-state index contributed by atoms with van der Waals surface area (Å²) in [5, 5.41) is 12.6. The molecule has 2 amide bonds. The van der Waals surface area contributed by atoms with Crippen LogP contribution in [0.1, 0.15) is 37.9 Å². The molecule has 0 unspecified atom stereocenters. The molecular formula is C37H36F5N6O3PS. The van der Waals surface area contributed by atoms with E-state index in [2.05, 4.69) is 20.6 Å². The Balaban J connectivity index is 1.21. The van der Waals surface area contributed by atoms with Crippen LogP contribution in [0.4, 0.5) is 35.7 Å². The molecule has 2 heterocycles. The van der Waals surface area contributed by atoms with E-state index in [1.165, 1.54) is 12.3 Å². The minimum Gasteiger partial charge on any atom is -0.438 e. The first-order valence-electron chi connectivity index (χ1n) is 16.2. The third kappa shape index (κ3) is 8.86. The highest BCUT2D eigenvalue weighted by atomic mass is 32.5. The number of aromatic nitrogens is 4. The highest BCUT2D eigenvalue weighted by Crippen LogP contribution is 3.02. The lowest BCUT2D eigenvalue weighted by molar-refractivity contribution is 0.262. The maximum atomic E-state index is 13.5. The molecule has 0 aliphatic heterocycles. The summed E-state index contributed by atoms with van der Waals surface area (Å²) in [6.07, 6.45) is 1.39. The highest BCUT2D eigenvalue weighted by Gasteiger charge is 2.65. The van der Waals surface area contributed by atoms with E-state index in [1.807, 2.05) is 39.0 Å². The van der Waals surface area contributed by atoms with Gasteiger partial charge in [0, 0.05) is 46.2 Å². The lowest BCUT2D eigenvalue weighted by Crippen LogP contribution is -2.21. The van der Waals surface area contributed by atoms with Crippen LogP contribution in [0.25, 0.3) is 16.5 Å². The maximum Gasteiger partial charge on any atom is 0.324 e. The van der Waals surface area contributed by atoms with Gasteiger partial charge in [0.2, 0.25) is 5.88 Å². The molecule has 0 aliphatic rings. The second-order valence-corrected chi connectivity index (χ2v) is 19.5. The minimum absolute atomic E-state index is 0.0302. The first-order valence-corrected chi connectivity index (χ1v) is 20.8. The molecular weight excluding hydrogens is 734 g/mol. The van der Waals surface area contributed by atoms with Crippen molar-refractivity contribution >= 4 is 51.0 Å². The number of hydrogen-bond donors (Lipinski definition) is 2. The van der Waals surface area contributed by atoms with Gasteiger partial charge in [0.25, 0.3) is 0 Å². The van der Waals surface area contributed by atoms with E-state index in [1.54, 1.807) is 66.5 Å². The molecule has 4 aromatic carbocycles. The first kappa shape index (κ1) is 37.5. The van der Waals surface area contributed by atoms with E-state index in [0.29, 0.717) is 51.4 Å². The maximum absolute atomic E-state index is 13.5. The van der Waals surface area contributed by atoms with Crippen LogP contribution in [0, 0.1) is 0 Å². The zero-order chi connectivity index (χ0) is 38.5. The third-order valence-electron chi connectivity index (χ3n) is 8.19. The average molecular weight is 771 g/mol. The van der Waals surface area contributed by atoms with Crippen molar-refractivity contribution in [2.75, 3.05) is 24.0 Å². The van der Waals surface area contributed by atoms with Crippen LogP contribution in [0.2, 0.25) is 0 Å². The van der Waals surface area contributed by atoms with E-state index in [9.17, 15) is 28.8 Å². The summed E-state index contributed by atoms with van der Waals surface area (Å²) in [5.41, 5.74) is 1.89. The fourth-order valence-electron chi connectivity index (χ4n) is 5.41. The van der Waals surface area contributed by atoms with E-state index in [4.69, 9.17) is 9.84 Å². The van der Waals surface area contributed by atoms with Crippen LogP contribution >= 0.6 is 17.4 Å². The number of carbonyl (C=O) groups excluding carboxylic acids is 1. The van der Waals surface area contributed by atoms with Crippen LogP contribution in [0.5, 0.6) is 11.6 Å². The standard InChI is InChI=1S/C37H36F5N6O3PS/c1-37(2,3)32-23-34(48(47-32)25-12-14-26(15-13-25)52(4,5)50)46-36(49)44-30-18-19-31(29-9-7-6-8-28(29)30)51-35-20-21-43-33(45-35)22-24-10-16-27(17-11-24)53(38,39,40,41)42/h6-21,23H,22H2,1-5H3,(H2,44,46,49). The topological polar surface area (TPSA) is 111 Å². The van der Waals surface area contributed by atoms with Crippen LogP contribution < -0.4 is 20.7 Å². The van der Waals surface area contributed by atoms with Crippen LogP contribution in [0.3, 0.4) is 0 Å². The Labute approximate surface area is 302 Å². The summed E-state index contributed by atoms with van der Waals surface area (Å²) < 4.78 is 85.9. The Hall–Kier alpha value is -5.27. The van der Waals surface area contributed by atoms with Gasteiger partial charge in [-0.05, 0) is 67.4 Å². The fraction of sp³-hybridized carbons (Fsp3) is 0.189. The van der Waals surface area contributed by atoms with Crippen molar-refractivity contribution in [3.8, 4) is 17.3 Å². The number of urea groups is 1. The molecule has 0 radical (unpaired) electrons. The average Bonchev–Trinajstić information content (AvgIpc) is 3.49. The summed E-state index contributed by atoms with van der Waals surface area (Å²) in [4.78, 5) is 20.0. The normalized spacial score (nSPS) is 13.6. The molecule has 0 bridgehead atoms. The monoisotopic (exact) mass is 770 g/mol. The van der Waals surface area contributed by atoms with Gasteiger partial charge >= 0.3 is 16.3 Å². The number of rotatable bonds is 9. The number of nitrogens with zero attached hydrogens (tertiary/aromatic N) is 4. The number of halogens is 5. The van der Waals surface area contributed by atoms with Gasteiger partial charge in [0.05, 0.1) is 17.1 Å². The SMILES string of the molecule is CC(C)(C)c1cc(NC(=O)Nc2ccc(Oc3ccnc(Cc4ccc(S(F)(F)(F)(F)F)cc4)n3)c3ccccc23)n(-c2ccc(P(C)(C)=O)cc2)n1. The summed E-state index contributed by atoms with van der Waals surface area (Å²) >= 11 is 0. The number of carbonyl (C=O) groups is 1. The van der Waals surface area contributed by atoms with Crippen molar-refractivity contribution in [3.05, 3.63) is 120 Å². The summed E-state index contributed by atoms with van der Waals surface area (Å²) in [7, 11) is -12.2. The van der Waals surface area contributed by atoms with Crippen molar-refractivity contribution < 1.29 is 33.5 Å². The van der Waals surface area contributed by atoms with Crippen molar-refractivity contribution in [1.29, 1.82) is 0 Å². The van der Waals surface area contributed by atoms with Gasteiger partial charge in [-0.2, -0.15) is 10.1 Å². The van der Waals surface area contributed by atoms with Gasteiger partial charge < -0.3 is 14.6 Å². The first-order chi connectivity index (χ1) is 24.5. The van der Waals surface area contributed by atoms with Crippen molar-refractivity contribution in [2.24, 2.45) is 0 Å². The Morgan fingerprint density at radius 1 is 0.849 bits per heavy atom. The van der Waals surface area contributed by atoms with Crippen molar-refractivity contribution in [3.63, 3.8) is 0 Å². The number of benzene rings is 4. The lowest BCUT2D eigenvalue weighted by atomic mass is 9.92. The van der Waals surface area contributed by atoms with Crippen LogP contribution in [0.15, 0.2) is 108 Å². The molecule has 6 aromatic rings. The molecule has 0 fully saturated rings. The molecule has 278 valence electrons. The van der Waals surface area contributed by atoms with Crippen LogP contribution in [-0.2, 0) is 16.4 Å². The number of hydrogen-bond acceptors (Lipinski definition) is 6. The molecule has 16 heteroatoms. The van der Waals surface area contributed by atoms with Gasteiger partial charge in [-0.25, -0.2) is 14.5 Å². The van der Waals surface area contributed by atoms with E-state index in [-0.39, 0.29) is 23.5 Å². The van der Waals surface area contributed by atoms with E-state index in [0.717, 1.165) is 23.1 Å². The molecule has 53 heavy (non-hydrogen) atoms. The molecule has 0 saturated heterocycles. The predicted molar refractivity (Wildman–Crippen MR) is 201 cm³/mol. The van der Waals surface area contributed by atoms with Gasteiger partial charge in [-0.1, -0.05) is 76.6 Å². The van der Waals surface area contributed by atoms with Gasteiger partial charge in [0.1, 0.15) is 29.4 Å². The Morgan fingerprint density at radius 3 is 2.13 bits per heavy atom. The predicted octanol–water partition coefficient (Wildman–Crippen LogP) is 11.0. The van der Waals surface area contributed by atoms with E-state index >= 15 is 0 Å². The quantitative estimate of drug-likeness (QED) is 0.112. The number of amides is 2. The van der Waals surface area contributed by atoms with Crippen molar-refractivity contribution in [2.45, 2.75) is 37.5 Å². The summed E-state index contributed by atoms with van der Waals surface area (Å²) in [6.45, 7) is 9.45. The molecule has 0 aliphatic carbocycles. The Bertz CT molecular complexity index is 2390. The molecule has 0 spiro atoms. The zero-order valence-electron chi connectivity index (χ0n) is 29.3. The zero-order valence-corrected chi connectivity index (χ0v) is 31.0. The largest absolute Gasteiger partial charge is 0.438 e. The second kappa shape index (κ2) is 12.7. The molecule has 2 N–H and O–H groups in total. The number of ether oxygens (including phenoxy) is 1. The molecule has 0 atom stereocenters. The fourth-order valence-corrected chi connectivity index (χ4v) is 6.93. The number of anilines is 2. The number of fused-ring (bicyclic) bond motifs is 1. The number of nitrogens with one attached hydrogen (secondary N) is 2. The van der Waals surface area contributed by atoms with Crippen LogP contribution in [-0.4, -0.2) is 39.1 Å². The Kier molecular flexibility index (Phi) is 8.98. The lowest BCUT2D eigenvalue weighted by Gasteiger charge is -2.40. The van der Waals surface area contributed by atoms with Gasteiger partial charge in [-0.15, -0.1) is 0 Å². The minimum atomic E-state index is -9.78. The third-order valence-corrected chi connectivity index (χ3v) is 10.9. The van der Waals surface area contributed by atoms with Gasteiger partial charge in [0.15, 0.2) is 0 Å². The van der Waals surface area contributed by atoms with Crippen molar-refractivity contribution in [1.82, 2.24) is 19.7 Å². The molecule has 6 rings (SSSR count). The second-order valence-electron chi connectivity index (χ2n) is 13.9. The summed E-state index contributed by atoms with van der Waals surface area (Å²) in [5.74, 6) is 1.16. The molecule has 9 nitrogen and oxygen atoms in total. The summed E-state index contributed by atoms with van der Waals surface area (Å²) in [6, 6.07) is 23.2. The highest BCUT2D eigenvalue weighted by molar-refractivity contribution is 8.45. The van der Waals surface area contributed by atoms with Gasteiger partial charge in [-0.3, -0.25) is 5.32 Å². The van der Waals surface area contributed by atoms with E-state index < -0.39 is 28.3 Å². The molecule has 0 saturated carbocycles. The Morgan fingerprint density at radius 2 is 1.51 bits per heavy atom. The smallest absolute Gasteiger partial charge is 0.324 e.